The molecule has 4 heteroatoms. The first-order valence-corrected chi connectivity index (χ1v) is 4.58. The number of carbonyl (C=O) groups excluding carboxylic acids is 1. The Morgan fingerprint density at radius 2 is 1.31 bits per heavy atom. The standard InChI is InChI=1S/2C4H9.CH3NOS.Ni/c2*1-3-4-2;2-1(3)4;/h2*1,3-4H2,2H3;(H3,2,3,4);/q2*-1;;+2. The Kier molecular flexibility index (Phi) is 52.7. The van der Waals surface area contributed by atoms with Crippen molar-refractivity contribution in [2.24, 2.45) is 5.73 Å². The van der Waals surface area contributed by atoms with Crippen molar-refractivity contribution in [3.8, 4) is 0 Å². The zero-order chi connectivity index (χ0) is 10.4. The van der Waals surface area contributed by atoms with Crippen molar-refractivity contribution < 1.29 is 21.3 Å². The van der Waals surface area contributed by atoms with Gasteiger partial charge < -0.3 is 19.6 Å². The molecule has 0 heterocycles. The van der Waals surface area contributed by atoms with E-state index in [1.165, 1.54) is 12.8 Å². The topological polar surface area (TPSA) is 43.1 Å². The van der Waals surface area contributed by atoms with Gasteiger partial charge in [-0.05, 0) is 0 Å². The zero-order valence-electron chi connectivity index (χ0n) is 8.49. The molecule has 0 radical (unpaired) electrons. The largest absolute Gasteiger partial charge is 2.00 e. The van der Waals surface area contributed by atoms with Crippen LogP contribution in [0, 0.1) is 13.8 Å². The molecule has 1 amide bonds. The minimum Gasteiger partial charge on any atom is -0.361 e. The van der Waals surface area contributed by atoms with Crippen LogP contribution in [0.2, 0.25) is 0 Å². The van der Waals surface area contributed by atoms with Crippen LogP contribution in [0.3, 0.4) is 0 Å². The Bertz CT molecular complexity index is 70.0. The van der Waals surface area contributed by atoms with Gasteiger partial charge in [0.15, 0.2) is 0 Å². The SMILES string of the molecule is NC(=O)S.[CH2-]CCC.[CH2-]CCC.[Ni+2]. The Morgan fingerprint density at radius 3 is 1.31 bits per heavy atom. The molecule has 2 nitrogen and oxygen atoms in total. The molecule has 13 heavy (non-hydrogen) atoms. The van der Waals surface area contributed by atoms with E-state index in [0.29, 0.717) is 0 Å². The van der Waals surface area contributed by atoms with Gasteiger partial charge in [0.1, 0.15) is 0 Å². The second kappa shape index (κ2) is 29.5. The van der Waals surface area contributed by atoms with Crippen LogP contribution in [-0.4, -0.2) is 5.24 Å². The van der Waals surface area contributed by atoms with E-state index in [1.54, 1.807) is 0 Å². The number of amides is 1. The summed E-state index contributed by atoms with van der Waals surface area (Å²) in [6, 6.07) is 0. The van der Waals surface area contributed by atoms with E-state index in [-0.39, 0.29) is 16.5 Å². The summed E-state index contributed by atoms with van der Waals surface area (Å²) < 4.78 is 0. The molecule has 0 aromatic heterocycles. The van der Waals surface area contributed by atoms with Gasteiger partial charge in [-0.25, -0.2) is 0 Å². The molecular weight excluding hydrogens is 229 g/mol. The van der Waals surface area contributed by atoms with E-state index in [2.05, 4.69) is 46.1 Å². The fourth-order valence-electron chi connectivity index (χ4n) is 0. The summed E-state index contributed by atoms with van der Waals surface area (Å²) >= 11 is 3.10. The maximum Gasteiger partial charge on any atom is 2.00 e. The number of rotatable bonds is 2. The predicted molar refractivity (Wildman–Crippen MR) is 59.1 cm³/mol. The van der Waals surface area contributed by atoms with Crippen molar-refractivity contribution in [2.45, 2.75) is 39.5 Å². The average molecular weight is 250 g/mol. The fourth-order valence-corrected chi connectivity index (χ4v) is 0. The van der Waals surface area contributed by atoms with Crippen molar-refractivity contribution in [2.75, 3.05) is 0 Å². The third kappa shape index (κ3) is 245. The van der Waals surface area contributed by atoms with Crippen LogP contribution in [0.4, 0.5) is 4.79 Å². The van der Waals surface area contributed by atoms with Crippen LogP contribution in [0.1, 0.15) is 39.5 Å². The molecule has 0 aliphatic carbocycles. The summed E-state index contributed by atoms with van der Waals surface area (Å²) in [5.74, 6) is 0. The van der Waals surface area contributed by atoms with Crippen molar-refractivity contribution in [1.29, 1.82) is 0 Å². The summed E-state index contributed by atoms with van der Waals surface area (Å²) in [6.45, 7) is 11.4. The van der Waals surface area contributed by atoms with E-state index in [0.717, 1.165) is 12.8 Å². The first-order valence-electron chi connectivity index (χ1n) is 4.13. The number of carbonyl (C=O) groups is 1. The zero-order valence-corrected chi connectivity index (χ0v) is 10.4. The summed E-state index contributed by atoms with van der Waals surface area (Å²) in [6.07, 6.45) is 4.56. The summed E-state index contributed by atoms with van der Waals surface area (Å²) in [4.78, 5) is 9.09. The van der Waals surface area contributed by atoms with Crippen molar-refractivity contribution >= 4 is 17.9 Å². The third-order valence-electron chi connectivity index (χ3n) is 0.707. The van der Waals surface area contributed by atoms with Gasteiger partial charge in [0.2, 0.25) is 0 Å². The summed E-state index contributed by atoms with van der Waals surface area (Å²) in [5, 5.41) is -0.639. The number of hydrogen-bond donors (Lipinski definition) is 2. The molecule has 0 atom stereocenters. The van der Waals surface area contributed by atoms with E-state index >= 15 is 0 Å². The quantitative estimate of drug-likeness (QED) is 0.441. The maximum atomic E-state index is 9.09. The normalized spacial score (nSPS) is 6.54. The molecule has 0 aliphatic heterocycles. The van der Waals surface area contributed by atoms with Crippen LogP contribution in [-0.2, 0) is 16.5 Å². The molecule has 0 spiro atoms. The van der Waals surface area contributed by atoms with Gasteiger partial charge in [-0.2, -0.15) is 12.8 Å². The van der Waals surface area contributed by atoms with E-state index in [4.69, 9.17) is 4.79 Å². The number of thiol groups is 1. The summed E-state index contributed by atoms with van der Waals surface area (Å²) in [5.41, 5.74) is 4.34. The molecule has 0 saturated heterocycles. The van der Waals surface area contributed by atoms with Gasteiger partial charge in [0, 0.05) is 0 Å². The Labute approximate surface area is 98.4 Å². The molecule has 0 rings (SSSR count). The molecular formula is C9H21NNiOS. The fraction of sp³-hybridized carbons (Fsp3) is 0.667. The van der Waals surface area contributed by atoms with Crippen LogP contribution in [0.25, 0.3) is 0 Å². The van der Waals surface area contributed by atoms with Gasteiger partial charge in [0.25, 0.3) is 5.24 Å². The number of hydrogen-bond acceptors (Lipinski definition) is 1. The molecule has 0 aromatic rings. The van der Waals surface area contributed by atoms with Crippen molar-refractivity contribution in [1.82, 2.24) is 0 Å². The van der Waals surface area contributed by atoms with E-state index in [1.807, 2.05) is 0 Å². The minimum absolute atomic E-state index is 0. The van der Waals surface area contributed by atoms with Gasteiger partial charge in [-0.15, -0.1) is 0 Å². The summed E-state index contributed by atoms with van der Waals surface area (Å²) in [7, 11) is 0. The van der Waals surface area contributed by atoms with Gasteiger partial charge in [0.05, 0.1) is 0 Å². The first kappa shape index (κ1) is 23.3. The molecule has 0 saturated carbocycles. The predicted octanol–water partition coefficient (Wildman–Crippen LogP) is 3.23. The number of nitrogens with two attached hydrogens (primary N) is 1. The van der Waals surface area contributed by atoms with Crippen LogP contribution in [0.5, 0.6) is 0 Å². The molecule has 0 aromatic carbocycles. The van der Waals surface area contributed by atoms with Crippen molar-refractivity contribution in [3.63, 3.8) is 0 Å². The molecule has 84 valence electrons. The second-order valence-electron chi connectivity index (χ2n) is 2.05. The van der Waals surface area contributed by atoms with Gasteiger partial charge in [-0.1, -0.05) is 39.3 Å². The Hall–Kier alpha value is 0.314. The van der Waals surface area contributed by atoms with Gasteiger partial charge in [-0.3, -0.25) is 4.79 Å². The minimum atomic E-state index is -0.639. The van der Waals surface area contributed by atoms with E-state index < -0.39 is 5.24 Å². The average Bonchev–Trinajstić information content (AvgIpc) is 2.03. The van der Waals surface area contributed by atoms with Crippen LogP contribution < -0.4 is 5.73 Å². The Morgan fingerprint density at radius 1 is 1.23 bits per heavy atom. The van der Waals surface area contributed by atoms with Gasteiger partial charge >= 0.3 is 16.5 Å². The van der Waals surface area contributed by atoms with Crippen molar-refractivity contribution in [3.05, 3.63) is 13.8 Å². The second-order valence-corrected chi connectivity index (χ2v) is 2.49. The number of unbranched alkanes of at least 4 members (excludes halogenated alkanes) is 2. The molecule has 0 bridgehead atoms. The molecule has 2 N–H and O–H groups in total. The number of primary amides is 1. The molecule has 0 fully saturated rings. The smallest absolute Gasteiger partial charge is 0.361 e. The maximum absolute atomic E-state index is 9.09. The molecule has 0 unspecified atom stereocenters. The van der Waals surface area contributed by atoms with Crippen LogP contribution >= 0.6 is 12.6 Å². The Balaban J connectivity index is -0.0000000450. The monoisotopic (exact) mass is 249 g/mol. The third-order valence-corrected chi connectivity index (χ3v) is 0.707. The van der Waals surface area contributed by atoms with E-state index in [9.17, 15) is 0 Å². The molecule has 0 aliphatic rings. The first-order chi connectivity index (χ1) is 5.56. The van der Waals surface area contributed by atoms with Crippen LogP contribution in [0.15, 0.2) is 0 Å².